The third-order valence-electron chi connectivity index (χ3n) is 7.70. The fourth-order valence-corrected chi connectivity index (χ4v) is 6.40. The largest absolute Gasteiger partial charge is 0.486 e. The zero-order valence-corrected chi connectivity index (χ0v) is 23.3. The third kappa shape index (κ3) is 5.33. The average Bonchev–Trinajstić information content (AvgIpc) is 3.04. The number of aliphatic carboxylic acids is 1. The fraction of sp³-hybridized carbons (Fsp3) is 0.400. The lowest BCUT2D eigenvalue weighted by atomic mass is 9.81. The number of aromatic nitrogens is 1. The van der Waals surface area contributed by atoms with Crippen molar-refractivity contribution in [3.63, 3.8) is 0 Å². The van der Waals surface area contributed by atoms with Crippen LogP contribution in [-0.4, -0.2) is 39.1 Å². The number of ether oxygens (including phenoxy) is 1. The number of nitrogens with zero attached hydrogens (tertiary/aromatic N) is 4. The number of hydrogen-bond donors (Lipinski definition) is 1. The maximum absolute atomic E-state index is 12.0. The Hall–Kier alpha value is -3.23. The highest BCUT2D eigenvalue weighted by Gasteiger charge is 2.28. The summed E-state index contributed by atoms with van der Waals surface area (Å²) in [6.45, 7) is 11.9. The average molecular weight is 531 g/mol. The van der Waals surface area contributed by atoms with Gasteiger partial charge in [-0.15, -0.1) is 0 Å². The molecule has 3 aromatic rings. The van der Waals surface area contributed by atoms with E-state index in [4.69, 9.17) is 4.74 Å². The molecule has 7 nitrogen and oxygen atoms in total. The highest BCUT2D eigenvalue weighted by Crippen LogP contribution is 2.43. The quantitative estimate of drug-likeness (QED) is 0.340. The van der Waals surface area contributed by atoms with E-state index in [1.54, 1.807) is 24.3 Å². The summed E-state index contributed by atoms with van der Waals surface area (Å²) in [5.41, 5.74) is 7.42. The molecule has 4 atom stereocenters. The smallest absolute Gasteiger partial charge is 0.304 e. The van der Waals surface area contributed by atoms with E-state index in [0.29, 0.717) is 6.54 Å². The van der Waals surface area contributed by atoms with E-state index in [-0.39, 0.29) is 30.4 Å². The van der Waals surface area contributed by atoms with Crippen LogP contribution in [0.15, 0.2) is 63.9 Å². The molecule has 0 aliphatic carbocycles. The maximum Gasteiger partial charge on any atom is 0.304 e. The van der Waals surface area contributed by atoms with Gasteiger partial charge in [-0.3, -0.25) is 9.78 Å². The third-order valence-corrected chi connectivity index (χ3v) is 8.77. The number of carboxylic acid groups (broad SMARTS) is 1. The molecule has 198 valence electrons. The van der Waals surface area contributed by atoms with Gasteiger partial charge in [-0.2, -0.15) is 10.2 Å². The number of carboxylic acids is 1. The van der Waals surface area contributed by atoms with Gasteiger partial charge in [-0.1, -0.05) is 37.3 Å². The second kappa shape index (κ2) is 10.9. The SMILES string of the molecule is Cc1ccc(C(CC(=O)O)c2ccc3c(c2C)N=NC(C)C3C)cc1CN1CC(C)Oc2cnccc2S1. The Bertz CT molecular complexity index is 1390. The first kappa shape index (κ1) is 26.4. The normalized spacial score (nSPS) is 21.7. The van der Waals surface area contributed by atoms with Crippen LogP contribution in [0.3, 0.4) is 0 Å². The lowest BCUT2D eigenvalue weighted by molar-refractivity contribution is -0.137. The summed E-state index contributed by atoms with van der Waals surface area (Å²) in [6, 6.07) is 12.7. The molecule has 1 N–H and O–H groups in total. The fourth-order valence-electron chi connectivity index (χ4n) is 5.32. The molecule has 0 radical (unpaired) electrons. The van der Waals surface area contributed by atoms with Crippen LogP contribution in [0.5, 0.6) is 5.75 Å². The summed E-state index contributed by atoms with van der Waals surface area (Å²) in [7, 11) is 0. The minimum atomic E-state index is -0.822. The number of benzene rings is 2. The Labute approximate surface area is 228 Å². The van der Waals surface area contributed by atoms with Crippen LogP contribution < -0.4 is 4.74 Å². The standard InChI is InChI=1S/C30H34N4O3S/c1-17-6-7-22(12-23(17)16-34-15-18(2)37-27-14-31-11-10-28(27)38-34)26(13-29(35)36)24-8-9-25-19(3)21(5)32-33-30(25)20(24)4/h6-12,14,18-19,21,26H,13,15-16H2,1-5H3,(H,35,36). The summed E-state index contributed by atoms with van der Waals surface area (Å²) in [6.07, 6.45) is 3.59. The molecular formula is C30H34N4O3S. The summed E-state index contributed by atoms with van der Waals surface area (Å²) in [5, 5.41) is 18.9. The molecule has 0 saturated heterocycles. The molecule has 5 rings (SSSR count). The Balaban J connectivity index is 1.49. The molecule has 38 heavy (non-hydrogen) atoms. The molecule has 1 aromatic heterocycles. The van der Waals surface area contributed by atoms with Gasteiger partial charge in [0.1, 0.15) is 6.10 Å². The van der Waals surface area contributed by atoms with E-state index < -0.39 is 5.97 Å². The Morgan fingerprint density at radius 3 is 2.79 bits per heavy atom. The lowest BCUT2D eigenvalue weighted by Crippen LogP contribution is -2.27. The van der Waals surface area contributed by atoms with E-state index in [2.05, 4.69) is 77.5 Å². The molecule has 0 saturated carbocycles. The summed E-state index contributed by atoms with van der Waals surface area (Å²) >= 11 is 1.68. The summed E-state index contributed by atoms with van der Waals surface area (Å²) in [5.74, 6) is -0.0224. The van der Waals surface area contributed by atoms with E-state index in [1.807, 2.05) is 13.0 Å². The zero-order valence-electron chi connectivity index (χ0n) is 22.5. The summed E-state index contributed by atoms with van der Waals surface area (Å²) in [4.78, 5) is 17.3. The van der Waals surface area contributed by atoms with Crippen molar-refractivity contribution >= 4 is 23.6 Å². The van der Waals surface area contributed by atoms with Crippen molar-refractivity contribution in [3.05, 3.63) is 82.2 Å². The predicted octanol–water partition coefficient (Wildman–Crippen LogP) is 7.18. The molecule has 3 heterocycles. The van der Waals surface area contributed by atoms with Gasteiger partial charge in [0.05, 0.1) is 29.2 Å². The van der Waals surface area contributed by atoms with Crippen molar-refractivity contribution < 1.29 is 14.6 Å². The van der Waals surface area contributed by atoms with Crippen LogP contribution in [0.2, 0.25) is 0 Å². The number of hydrogen-bond acceptors (Lipinski definition) is 7. The van der Waals surface area contributed by atoms with Crippen molar-refractivity contribution in [2.24, 2.45) is 10.2 Å². The van der Waals surface area contributed by atoms with Gasteiger partial charge in [-0.05, 0) is 79.1 Å². The Kier molecular flexibility index (Phi) is 7.54. The van der Waals surface area contributed by atoms with Gasteiger partial charge in [-0.25, -0.2) is 4.31 Å². The van der Waals surface area contributed by atoms with Crippen molar-refractivity contribution in [2.75, 3.05) is 6.54 Å². The van der Waals surface area contributed by atoms with E-state index >= 15 is 0 Å². The molecule has 0 spiro atoms. The first-order valence-electron chi connectivity index (χ1n) is 13.1. The highest BCUT2D eigenvalue weighted by molar-refractivity contribution is 7.97. The van der Waals surface area contributed by atoms with Gasteiger partial charge in [0.25, 0.3) is 0 Å². The zero-order chi connectivity index (χ0) is 27.0. The number of pyridine rings is 1. The van der Waals surface area contributed by atoms with Crippen LogP contribution in [0.4, 0.5) is 5.69 Å². The van der Waals surface area contributed by atoms with Gasteiger partial charge < -0.3 is 9.84 Å². The number of azo groups is 1. The molecular weight excluding hydrogens is 496 g/mol. The van der Waals surface area contributed by atoms with Crippen LogP contribution in [0.25, 0.3) is 0 Å². The number of rotatable bonds is 6. The van der Waals surface area contributed by atoms with Gasteiger partial charge >= 0.3 is 5.97 Å². The summed E-state index contributed by atoms with van der Waals surface area (Å²) < 4.78 is 8.39. The Morgan fingerprint density at radius 1 is 1.18 bits per heavy atom. The monoisotopic (exact) mass is 530 g/mol. The van der Waals surface area contributed by atoms with Crippen molar-refractivity contribution in [2.45, 2.75) is 76.5 Å². The molecule has 8 heteroatoms. The van der Waals surface area contributed by atoms with Gasteiger partial charge in [0, 0.05) is 31.1 Å². The van der Waals surface area contributed by atoms with Gasteiger partial charge in [0.2, 0.25) is 0 Å². The molecule has 0 amide bonds. The van der Waals surface area contributed by atoms with Crippen LogP contribution in [-0.2, 0) is 11.3 Å². The minimum Gasteiger partial charge on any atom is -0.486 e. The minimum absolute atomic E-state index is 0.00887. The van der Waals surface area contributed by atoms with Gasteiger partial charge in [0.15, 0.2) is 5.75 Å². The molecule has 2 aromatic carbocycles. The maximum atomic E-state index is 12.0. The molecule has 0 bridgehead atoms. The number of fused-ring (bicyclic) bond motifs is 2. The Morgan fingerprint density at radius 2 is 2.00 bits per heavy atom. The first-order valence-corrected chi connectivity index (χ1v) is 13.9. The molecule has 2 aliphatic rings. The first-order chi connectivity index (χ1) is 18.2. The van der Waals surface area contributed by atoms with E-state index in [9.17, 15) is 9.90 Å². The lowest BCUT2D eigenvalue weighted by Gasteiger charge is -2.27. The van der Waals surface area contributed by atoms with Crippen molar-refractivity contribution in [1.82, 2.24) is 9.29 Å². The van der Waals surface area contributed by atoms with Crippen LogP contribution in [0, 0.1) is 13.8 Å². The predicted molar refractivity (Wildman–Crippen MR) is 149 cm³/mol. The molecule has 2 aliphatic heterocycles. The van der Waals surface area contributed by atoms with E-state index in [0.717, 1.165) is 39.6 Å². The number of aryl methyl sites for hydroxylation is 1. The van der Waals surface area contributed by atoms with E-state index in [1.165, 1.54) is 16.7 Å². The molecule has 0 fully saturated rings. The second-order valence-corrected chi connectivity index (χ2v) is 11.6. The van der Waals surface area contributed by atoms with Crippen molar-refractivity contribution in [1.29, 1.82) is 0 Å². The highest BCUT2D eigenvalue weighted by atomic mass is 32.2. The second-order valence-electron chi connectivity index (χ2n) is 10.5. The number of carbonyl (C=O) groups is 1. The molecule has 4 unspecified atom stereocenters. The van der Waals surface area contributed by atoms with Crippen LogP contribution in [0.1, 0.15) is 72.4 Å². The van der Waals surface area contributed by atoms with Crippen LogP contribution >= 0.6 is 11.9 Å². The topological polar surface area (TPSA) is 87.4 Å². The van der Waals surface area contributed by atoms with Crippen molar-refractivity contribution in [3.8, 4) is 5.75 Å².